The molecule has 0 bridgehead atoms. The van der Waals surface area contributed by atoms with Crippen LogP contribution in [-0.4, -0.2) is 12.6 Å². The molecular weight excluding hydrogens is 247 g/mol. The molecule has 0 aliphatic carbocycles. The molecule has 0 atom stereocenters. The van der Waals surface area contributed by atoms with E-state index in [9.17, 15) is 18.0 Å². The van der Waals surface area contributed by atoms with Gasteiger partial charge in [-0.1, -0.05) is 6.07 Å². The van der Waals surface area contributed by atoms with Gasteiger partial charge in [0.15, 0.2) is 0 Å². The third kappa shape index (κ3) is 3.80. The molecule has 0 radical (unpaired) electrons. The molecule has 0 fully saturated rings. The van der Waals surface area contributed by atoms with Crippen molar-refractivity contribution in [1.29, 1.82) is 0 Å². The fourth-order valence-corrected chi connectivity index (χ4v) is 1.25. The Bertz CT molecular complexity index is 467. The molecule has 0 unspecified atom stereocenters. The Morgan fingerprint density at radius 1 is 1.44 bits per heavy atom. The van der Waals surface area contributed by atoms with Gasteiger partial charge in [-0.2, -0.15) is 13.2 Å². The molecule has 1 aromatic carbocycles. The zero-order chi connectivity index (χ0) is 13.8. The van der Waals surface area contributed by atoms with Crippen molar-refractivity contribution < 1.29 is 22.7 Å². The normalized spacial score (nSPS) is 11.8. The molecule has 2 N–H and O–H groups in total. The second-order valence-electron chi connectivity index (χ2n) is 3.43. The lowest BCUT2D eigenvalue weighted by Gasteiger charge is -2.08. The standard InChI is InChI=1S/C12H12F3NO2/c1-2-18-11(17)6-4-8-3-5-9(7-10(8)16)12(13,14)15/h3-7H,2,16H2,1H3. The molecule has 0 aliphatic rings. The summed E-state index contributed by atoms with van der Waals surface area (Å²) in [5, 5.41) is 0. The summed E-state index contributed by atoms with van der Waals surface area (Å²) in [5.74, 6) is -0.572. The number of ether oxygens (including phenoxy) is 1. The fourth-order valence-electron chi connectivity index (χ4n) is 1.25. The van der Waals surface area contributed by atoms with Gasteiger partial charge in [-0.25, -0.2) is 4.79 Å². The summed E-state index contributed by atoms with van der Waals surface area (Å²) in [6, 6.07) is 2.93. The second-order valence-corrected chi connectivity index (χ2v) is 3.43. The number of nitrogen functional groups attached to an aromatic ring is 1. The maximum Gasteiger partial charge on any atom is 0.416 e. The molecule has 0 amide bonds. The number of carbonyl (C=O) groups is 1. The Kier molecular flexibility index (Phi) is 4.36. The Morgan fingerprint density at radius 3 is 2.61 bits per heavy atom. The predicted octanol–water partition coefficient (Wildman–Crippen LogP) is 2.86. The van der Waals surface area contributed by atoms with Crippen molar-refractivity contribution in [2.24, 2.45) is 0 Å². The van der Waals surface area contributed by atoms with Crippen LogP contribution >= 0.6 is 0 Å². The maximum atomic E-state index is 12.4. The van der Waals surface area contributed by atoms with Crippen molar-refractivity contribution in [3.05, 3.63) is 35.4 Å². The minimum absolute atomic E-state index is 0.0506. The van der Waals surface area contributed by atoms with Gasteiger partial charge in [-0.15, -0.1) is 0 Å². The minimum Gasteiger partial charge on any atom is -0.463 e. The van der Waals surface area contributed by atoms with E-state index in [1.54, 1.807) is 6.92 Å². The molecule has 3 nitrogen and oxygen atoms in total. The highest BCUT2D eigenvalue weighted by molar-refractivity contribution is 5.88. The van der Waals surface area contributed by atoms with Crippen molar-refractivity contribution in [1.82, 2.24) is 0 Å². The summed E-state index contributed by atoms with van der Waals surface area (Å²) >= 11 is 0. The molecular formula is C12H12F3NO2. The molecule has 1 rings (SSSR count). The summed E-state index contributed by atoms with van der Waals surface area (Å²) in [4.78, 5) is 11.0. The zero-order valence-electron chi connectivity index (χ0n) is 9.62. The van der Waals surface area contributed by atoms with E-state index < -0.39 is 17.7 Å². The van der Waals surface area contributed by atoms with Gasteiger partial charge in [0, 0.05) is 11.8 Å². The van der Waals surface area contributed by atoms with Gasteiger partial charge in [0.1, 0.15) is 0 Å². The highest BCUT2D eigenvalue weighted by Gasteiger charge is 2.30. The first kappa shape index (κ1) is 14.1. The molecule has 98 valence electrons. The van der Waals surface area contributed by atoms with Gasteiger partial charge in [0.2, 0.25) is 0 Å². The number of hydrogen-bond donors (Lipinski definition) is 1. The first-order valence-electron chi connectivity index (χ1n) is 5.16. The zero-order valence-corrected chi connectivity index (χ0v) is 9.62. The Hall–Kier alpha value is -1.98. The Balaban J connectivity index is 2.90. The lowest BCUT2D eigenvalue weighted by molar-refractivity contribution is -0.138. The minimum atomic E-state index is -4.43. The van der Waals surface area contributed by atoms with Crippen LogP contribution in [0.15, 0.2) is 24.3 Å². The second kappa shape index (κ2) is 5.57. The van der Waals surface area contributed by atoms with Crippen molar-refractivity contribution in [3.63, 3.8) is 0 Å². The molecule has 0 aromatic heterocycles. The van der Waals surface area contributed by atoms with Crippen LogP contribution in [0.2, 0.25) is 0 Å². The van der Waals surface area contributed by atoms with E-state index in [2.05, 4.69) is 4.74 Å². The van der Waals surface area contributed by atoms with Crippen LogP contribution in [0.25, 0.3) is 6.08 Å². The number of alkyl halides is 3. The highest BCUT2D eigenvalue weighted by Crippen LogP contribution is 2.31. The summed E-state index contributed by atoms with van der Waals surface area (Å²) in [6.07, 6.45) is -2.01. The first-order valence-corrected chi connectivity index (χ1v) is 5.16. The molecule has 1 aromatic rings. The number of anilines is 1. The molecule has 0 saturated carbocycles. The van der Waals surface area contributed by atoms with Crippen LogP contribution in [-0.2, 0) is 15.7 Å². The van der Waals surface area contributed by atoms with E-state index in [-0.39, 0.29) is 12.3 Å². The largest absolute Gasteiger partial charge is 0.463 e. The molecule has 6 heteroatoms. The molecule has 0 spiro atoms. The van der Waals surface area contributed by atoms with E-state index in [1.807, 2.05) is 0 Å². The number of benzene rings is 1. The quantitative estimate of drug-likeness (QED) is 0.516. The summed E-state index contributed by atoms with van der Waals surface area (Å²) in [5.41, 5.74) is 4.93. The average Bonchev–Trinajstić information content (AvgIpc) is 2.26. The van der Waals surface area contributed by atoms with Gasteiger partial charge in [-0.05, 0) is 30.7 Å². The SMILES string of the molecule is CCOC(=O)C=Cc1ccc(C(F)(F)F)cc1N. The van der Waals surface area contributed by atoms with E-state index >= 15 is 0 Å². The van der Waals surface area contributed by atoms with E-state index in [1.165, 1.54) is 12.1 Å². The van der Waals surface area contributed by atoms with Crippen LogP contribution in [0.5, 0.6) is 0 Å². The topological polar surface area (TPSA) is 52.3 Å². The maximum absolute atomic E-state index is 12.4. The first-order chi connectivity index (χ1) is 8.34. The number of esters is 1. The van der Waals surface area contributed by atoms with Crippen LogP contribution < -0.4 is 5.73 Å². The van der Waals surface area contributed by atoms with Crippen LogP contribution in [0.3, 0.4) is 0 Å². The predicted molar refractivity (Wildman–Crippen MR) is 61.5 cm³/mol. The van der Waals surface area contributed by atoms with Gasteiger partial charge < -0.3 is 10.5 Å². The van der Waals surface area contributed by atoms with Crippen molar-refractivity contribution >= 4 is 17.7 Å². The third-order valence-corrected chi connectivity index (χ3v) is 2.10. The molecule has 0 aliphatic heterocycles. The third-order valence-electron chi connectivity index (χ3n) is 2.10. The number of nitrogens with two attached hydrogens (primary N) is 1. The smallest absolute Gasteiger partial charge is 0.416 e. The number of halogens is 3. The monoisotopic (exact) mass is 259 g/mol. The van der Waals surface area contributed by atoms with Crippen LogP contribution in [0.1, 0.15) is 18.1 Å². The number of rotatable bonds is 3. The van der Waals surface area contributed by atoms with E-state index in [0.29, 0.717) is 5.56 Å². The lowest BCUT2D eigenvalue weighted by atomic mass is 10.1. The van der Waals surface area contributed by atoms with Crippen LogP contribution in [0.4, 0.5) is 18.9 Å². The summed E-state index contributed by atoms with van der Waals surface area (Å²) in [7, 11) is 0. The van der Waals surface area contributed by atoms with Crippen molar-refractivity contribution in [2.45, 2.75) is 13.1 Å². The summed E-state index contributed by atoms with van der Waals surface area (Å²) in [6.45, 7) is 1.88. The number of carbonyl (C=O) groups excluding carboxylic acids is 1. The van der Waals surface area contributed by atoms with Gasteiger partial charge in [0.05, 0.1) is 12.2 Å². The lowest BCUT2D eigenvalue weighted by Crippen LogP contribution is -2.06. The van der Waals surface area contributed by atoms with E-state index in [4.69, 9.17) is 5.73 Å². The molecule has 0 saturated heterocycles. The van der Waals surface area contributed by atoms with Crippen molar-refractivity contribution in [2.75, 3.05) is 12.3 Å². The number of hydrogen-bond acceptors (Lipinski definition) is 3. The van der Waals surface area contributed by atoms with Gasteiger partial charge >= 0.3 is 12.1 Å². The fraction of sp³-hybridized carbons (Fsp3) is 0.250. The molecule has 18 heavy (non-hydrogen) atoms. The van der Waals surface area contributed by atoms with Crippen molar-refractivity contribution in [3.8, 4) is 0 Å². The molecule has 0 heterocycles. The van der Waals surface area contributed by atoms with Crippen LogP contribution in [0, 0.1) is 0 Å². The summed E-state index contributed by atoms with van der Waals surface area (Å²) < 4.78 is 41.7. The Morgan fingerprint density at radius 2 is 2.11 bits per heavy atom. The highest BCUT2D eigenvalue weighted by atomic mass is 19.4. The average molecular weight is 259 g/mol. The van der Waals surface area contributed by atoms with E-state index in [0.717, 1.165) is 18.2 Å². The van der Waals surface area contributed by atoms with Gasteiger partial charge in [-0.3, -0.25) is 0 Å². The Labute approximate surface area is 102 Å². The van der Waals surface area contributed by atoms with Gasteiger partial charge in [0.25, 0.3) is 0 Å².